The second-order valence-corrected chi connectivity index (χ2v) is 6.45. The van der Waals surface area contributed by atoms with Crippen molar-refractivity contribution in [2.45, 2.75) is 38.6 Å². The predicted octanol–water partition coefficient (Wildman–Crippen LogP) is 2.39. The van der Waals surface area contributed by atoms with Gasteiger partial charge in [-0.2, -0.15) is 0 Å². The molecule has 0 aromatic heterocycles. The number of hydrogen-bond donors (Lipinski definition) is 1. The molecular weight excluding hydrogens is 234 g/mol. The van der Waals surface area contributed by atoms with Crippen LogP contribution in [0.3, 0.4) is 0 Å². The third kappa shape index (κ3) is 3.07. The van der Waals surface area contributed by atoms with Crippen molar-refractivity contribution >= 4 is 10.0 Å². The molecule has 0 fully saturated rings. The van der Waals surface area contributed by atoms with Gasteiger partial charge in [-0.05, 0) is 30.4 Å². The summed E-state index contributed by atoms with van der Waals surface area (Å²) in [6.45, 7) is 2.00. The molecule has 1 N–H and O–H groups in total. The van der Waals surface area contributed by atoms with Crippen LogP contribution in [0, 0.1) is 0 Å². The lowest BCUT2D eigenvalue weighted by molar-refractivity contribution is 0.552. The monoisotopic (exact) mass is 253 g/mol. The normalized spacial score (nSPS) is 19.2. The van der Waals surface area contributed by atoms with Crippen LogP contribution in [0.1, 0.15) is 43.4 Å². The van der Waals surface area contributed by atoms with Crippen LogP contribution in [0.15, 0.2) is 24.3 Å². The molecule has 0 aliphatic heterocycles. The fourth-order valence-electron chi connectivity index (χ4n) is 2.29. The first-order valence-corrected chi connectivity index (χ1v) is 7.85. The number of aryl methyl sites for hydroxylation is 1. The van der Waals surface area contributed by atoms with Crippen molar-refractivity contribution in [1.82, 2.24) is 4.72 Å². The number of fused-ring (bicyclic) bond motifs is 1. The smallest absolute Gasteiger partial charge is 0.212 e. The standard InChI is InChI=1S/C13H19NO2S/c1-2-3-10-17(15,16)14-13-9-8-11-6-4-5-7-12(11)13/h4-7,13-14H,2-3,8-10H2,1H3/t13-/m1/s1. The fourth-order valence-corrected chi connectivity index (χ4v) is 3.75. The van der Waals surface area contributed by atoms with Crippen LogP contribution in [0.4, 0.5) is 0 Å². The lowest BCUT2D eigenvalue weighted by atomic mass is 10.1. The highest BCUT2D eigenvalue weighted by Gasteiger charge is 2.25. The molecule has 1 aromatic rings. The van der Waals surface area contributed by atoms with E-state index in [1.165, 1.54) is 5.56 Å². The zero-order valence-corrected chi connectivity index (χ0v) is 11.0. The second kappa shape index (κ2) is 5.19. The van der Waals surface area contributed by atoms with Gasteiger partial charge in [-0.15, -0.1) is 0 Å². The van der Waals surface area contributed by atoms with Crippen molar-refractivity contribution in [2.75, 3.05) is 5.75 Å². The third-order valence-electron chi connectivity index (χ3n) is 3.22. The minimum Gasteiger partial charge on any atom is -0.212 e. The summed E-state index contributed by atoms with van der Waals surface area (Å²) >= 11 is 0. The van der Waals surface area contributed by atoms with E-state index in [2.05, 4.69) is 10.8 Å². The maximum absolute atomic E-state index is 11.8. The maximum atomic E-state index is 11.8. The van der Waals surface area contributed by atoms with Crippen molar-refractivity contribution in [1.29, 1.82) is 0 Å². The summed E-state index contributed by atoms with van der Waals surface area (Å²) in [6, 6.07) is 8.06. The van der Waals surface area contributed by atoms with E-state index < -0.39 is 10.0 Å². The zero-order chi connectivity index (χ0) is 12.3. The average Bonchev–Trinajstić information content (AvgIpc) is 2.70. The van der Waals surface area contributed by atoms with Crippen LogP contribution in [0.5, 0.6) is 0 Å². The van der Waals surface area contributed by atoms with Crippen LogP contribution in [-0.4, -0.2) is 14.2 Å². The molecule has 0 saturated carbocycles. The number of sulfonamides is 1. The molecule has 94 valence electrons. The molecule has 0 heterocycles. The van der Waals surface area contributed by atoms with Crippen LogP contribution in [-0.2, 0) is 16.4 Å². The number of benzene rings is 1. The zero-order valence-electron chi connectivity index (χ0n) is 10.1. The van der Waals surface area contributed by atoms with E-state index in [4.69, 9.17) is 0 Å². The number of hydrogen-bond acceptors (Lipinski definition) is 2. The van der Waals surface area contributed by atoms with Crippen LogP contribution >= 0.6 is 0 Å². The largest absolute Gasteiger partial charge is 0.212 e. The Balaban J connectivity index is 2.07. The highest BCUT2D eigenvalue weighted by Crippen LogP contribution is 2.31. The van der Waals surface area contributed by atoms with Gasteiger partial charge in [-0.3, -0.25) is 0 Å². The molecule has 4 heteroatoms. The summed E-state index contributed by atoms with van der Waals surface area (Å²) in [5, 5.41) is 0. The van der Waals surface area contributed by atoms with Gasteiger partial charge >= 0.3 is 0 Å². The summed E-state index contributed by atoms with van der Waals surface area (Å²) in [7, 11) is -3.12. The Hall–Kier alpha value is -0.870. The fraction of sp³-hybridized carbons (Fsp3) is 0.538. The molecule has 2 rings (SSSR count). The Morgan fingerprint density at radius 1 is 1.35 bits per heavy atom. The van der Waals surface area contributed by atoms with E-state index in [0.717, 1.165) is 31.2 Å². The molecule has 1 aliphatic carbocycles. The molecule has 0 spiro atoms. The molecular formula is C13H19NO2S. The van der Waals surface area contributed by atoms with E-state index in [-0.39, 0.29) is 11.8 Å². The van der Waals surface area contributed by atoms with Crippen LogP contribution in [0.25, 0.3) is 0 Å². The highest BCUT2D eigenvalue weighted by atomic mass is 32.2. The van der Waals surface area contributed by atoms with Gasteiger partial charge in [-0.25, -0.2) is 13.1 Å². The molecule has 3 nitrogen and oxygen atoms in total. The van der Waals surface area contributed by atoms with E-state index in [9.17, 15) is 8.42 Å². The summed E-state index contributed by atoms with van der Waals surface area (Å²) in [5.74, 6) is 0.238. The Labute approximate surface area is 103 Å². The van der Waals surface area contributed by atoms with E-state index in [0.29, 0.717) is 0 Å². The highest BCUT2D eigenvalue weighted by molar-refractivity contribution is 7.89. The summed E-state index contributed by atoms with van der Waals surface area (Å²) in [5.41, 5.74) is 2.42. The lowest BCUT2D eigenvalue weighted by Gasteiger charge is -2.14. The van der Waals surface area contributed by atoms with Gasteiger partial charge in [0.05, 0.1) is 5.75 Å². The molecule has 1 aliphatic rings. The maximum Gasteiger partial charge on any atom is 0.212 e. The topological polar surface area (TPSA) is 46.2 Å². The third-order valence-corrected chi connectivity index (χ3v) is 4.69. The quantitative estimate of drug-likeness (QED) is 0.876. The van der Waals surface area contributed by atoms with E-state index >= 15 is 0 Å². The van der Waals surface area contributed by atoms with Gasteiger partial charge in [0, 0.05) is 6.04 Å². The van der Waals surface area contributed by atoms with Crippen molar-refractivity contribution in [3.8, 4) is 0 Å². The molecule has 0 radical (unpaired) electrons. The van der Waals surface area contributed by atoms with Crippen molar-refractivity contribution < 1.29 is 8.42 Å². The first-order valence-electron chi connectivity index (χ1n) is 6.20. The summed E-state index contributed by atoms with van der Waals surface area (Å²) in [4.78, 5) is 0. The van der Waals surface area contributed by atoms with Crippen LogP contribution in [0.2, 0.25) is 0 Å². The van der Waals surface area contributed by atoms with Crippen molar-refractivity contribution in [3.63, 3.8) is 0 Å². The number of nitrogens with one attached hydrogen (secondary N) is 1. The molecule has 0 amide bonds. The SMILES string of the molecule is CCCCS(=O)(=O)N[C@@H]1CCc2ccccc21. The average molecular weight is 253 g/mol. The first-order chi connectivity index (χ1) is 8.12. The van der Waals surface area contributed by atoms with Gasteiger partial charge in [0.2, 0.25) is 10.0 Å². The first kappa shape index (κ1) is 12.6. The molecule has 0 saturated heterocycles. The Morgan fingerprint density at radius 3 is 2.88 bits per heavy atom. The van der Waals surface area contributed by atoms with E-state index in [1.807, 2.05) is 25.1 Å². The second-order valence-electron chi connectivity index (χ2n) is 4.58. The van der Waals surface area contributed by atoms with Gasteiger partial charge in [0.15, 0.2) is 0 Å². The number of rotatable bonds is 5. The Morgan fingerprint density at radius 2 is 2.12 bits per heavy atom. The van der Waals surface area contributed by atoms with Gasteiger partial charge in [-0.1, -0.05) is 37.6 Å². The van der Waals surface area contributed by atoms with E-state index in [1.54, 1.807) is 0 Å². The molecule has 1 aromatic carbocycles. The molecule has 0 unspecified atom stereocenters. The van der Waals surface area contributed by atoms with Gasteiger partial charge in [0.1, 0.15) is 0 Å². The minimum absolute atomic E-state index is 0.0203. The van der Waals surface area contributed by atoms with Crippen LogP contribution < -0.4 is 4.72 Å². The lowest BCUT2D eigenvalue weighted by Crippen LogP contribution is -2.29. The number of unbranched alkanes of at least 4 members (excludes halogenated alkanes) is 1. The minimum atomic E-state index is -3.12. The molecule has 1 atom stereocenters. The summed E-state index contributed by atoms with van der Waals surface area (Å²) in [6.07, 6.45) is 3.48. The van der Waals surface area contributed by atoms with Crippen molar-refractivity contribution in [2.24, 2.45) is 0 Å². The predicted molar refractivity (Wildman–Crippen MR) is 69.3 cm³/mol. The van der Waals surface area contributed by atoms with Crippen molar-refractivity contribution in [3.05, 3.63) is 35.4 Å². The van der Waals surface area contributed by atoms with Gasteiger partial charge < -0.3 is 0 Å². The molecule has 0 bridgehead atoms. The molecule has 17 heavy (non-hydrogen) atoms. The Bertz CT molecular complexity index is 482. The van der Waals surface area contributed by atoms with Gasteiger partial charge in [0.25, 0.3) is 0 Å². The Kier molecular flexibility index (Phi) is 3.84. The summed E-state index contributed by atoms with van der Waals surface area (Å²) < 4.78 is 26.5.